The van der Waals surface area contributed by atoms with Gasteiger partial charge >= 0.3 is 12.2 Å². The van der Waals surface area contributed by atoms with Gasteiger partial charge in [-0.1, -0.05) is 0 Å². The van der Waals surface area contributed by atoms with Gasteiger partial charge in [0.25, 0.3) is 0 Å². The SMILES string of the molecule is Cc1cc(Nc2nc(N(C(=O)OC(C)(C)C)[C@@H]3CCCN(C(=O)O)C3)cnc2C#N)sn1. The first-order valence-electron chi connectivity index (χ1n) is 10.0. The average Bonchev–Trinajstić information content (AvgIpc) is 3.12. The minimum atomic E-state index is -1.05. The first-order valence-corrected chi connectivity index (χ1v) is 10.8. The number of nitrogens with zero attached hydrogens (tertiary/aromatic N) is 6. The largest absolute Gasteiger partial charge is 0.465 e. The number of likely N-dealkylation sites (tertiary alicyclic amines) is 1. The van der Waals surface area contributed by atoms with Crippen molar-refractivity contribution >= 4 is 40.4 Å². The standard InChI is InChI=1S/C20H25N7O4S/c1-12-8-16(32-25-12)24-17-14(9-21)22-10-15(23-17)27(19(30)31-20(2,3)4)13-6-5-7-26(11-13)18(28)29/h8,10,13H,5-7,11H2,1-4H3,(H,23,24)(H,28,29)/t13-/m1/s1. The summed E-state index contributed by atoms with van der Waals surface area (Å²) in [5.41, 5.74) is 0.101. The quantitative estimate of drug-likeness (QED) is 0.698. The summed E-state index contributed by atoms with van der Waals surface area (Å²) in [5, 5.41) is 22.6. The van der Waals surface area contributed by atoms with Gasteiger partial charge in [-0.25, -0.2) is 19.6 Å². The zero-order valence-electron chi connectivity index (χ0n) is 18.3. The maximum atomic E-state index is 13.1. The van der Waals surface area contributed by atoms with Crippen molar-refractivity contribution in [2.75, 3.05) is 23.3 Å². The summed E-state index contributed by atoms with van der Waals surface area (Å²) >= 11 is 1.21. The molecule has 0 bridgehead atoms. The van der Waals surface area contributed by atoms with Crippen molar-refractivity contribution in [2.24, 2.45) is 0 Å². The molecule has 2 aromatic rings. The zero-order valence-corrected chi connectivity index (χ0v) is 19.1. The highest BCUT2D eigenvalue weighted by molar-refractivity contribution is 7.10. The lowest BCUT2D eigenvalue weighted by Crippen LogP contribution is -2.53. The number of rotatable bonds is 4. The van der Waals surface area contributed by atoms with Crippen LogP contribution in [-0.4, -0.2) is 61.3 Å². The van der Waals surface area contributed by atoms with Crippen molar-refractivity contribution in [3.8, 4) is 6.07 Å². The van der Waals surface area contributed by atoms with Crippen LogP contribution < -0.4 is 10.2 Å². The highest BCUT2D eigenvalue weighted by atomic mass is 32.1. The van der Waals surface area contributed by atoms with Crippen LogP contribution >= 0.6 is 11.5 Å². The topological polar surface area (TPSA) is 145 Å². The molecule has 2 aromatic heterocycles. The van der Waals surface area contributed by atoms with Gasteiger partial charge in [-0.15, -0.1) is 0 Å². The second-order valence-corrected chi connectivity index (χ2v) is 9.17. The second-order valence-electron chi connectivity index (χ2n) is 8.37. The summed E-state index contributed by atoms with van der Waals surface area (Å²) < 4.78 is 9.78. The summed E-state index contributed by atoms with van der Waals surface area (Å²) in [6.45, 7) is 7.60. The predicted molar refractivity (Wildman–Crippen MR) is 118 cm³/mol. The average molecular weight is 460 g/mol. The van der Waals surface area contributed by atoms with E-state index in [4.69, 9.17) is 4.74 Å². The van der Waals surface area contributed by atoms with Crippen molar-refractivity contribution in [1.82, 2.24) is 19.2 Å². The van der Waals surface area contributed by atoms with E-state index in [0.29, 0.717) is 24.4 Å². The van der Waals surface area contributed by atoms with E-state index in [1.165, 1.54) is 27.5 Å². The van der Waals surface area contributed by atoms with Gasteiger partial charge in [-0.05, 0) is 58.1 Å². The van der Waals surface area contributed by atoms with Crippen LogP contribution in [0.5, 0.6) is 0 Å². The number of anilines is 3. The fourth-order valence-electron chi connectivity index (χ4n) is 3.28. The maximum Gasteiger partial charge on any atom is 0.416 e. The molecule has 0 spiro atoms. The normalized spacial score (nSPS) is 16.2. The molecular formula is C20H25N7O4S. The Labute approximate surface area is 189 Å². The van der Waals surface area contributed by atoms with E-state index < -0.39 is 23.8 Å². The number of piperidine rings is 1. The monoisotopic (exact) mass is 459 g/mol. The van der Waals surface area contributed by atoms with E-state index >= 15 is 0 Å². The molecule has 11 nitrogen and oxygen atoms in total. The van der Waals surface area contributed by atoms with E-state index in [1.807, 2.05) is 13.0 Å². The van der Waals surface area contributed by atoms with Crippen LogP contribution in [0.25, 0.3) is 0 Å². The van der Waals surface area contributed by atoms with Gasteiger partial charge in [0.1, 0.15) is 16.7 Å². The number of carbonyl (C=O) groups excluding carboxylic acids is 1. The number of aryl methyl sites for hydroxylation is 1. The van der Waals surface area contributed by atoms with Gasteiger partial charge in [0.05, 0.1) is 17.9 Å². The molecule has 1 fully saturated rings. The van der Waals surface area contributed by atoms with E-state index in [-0.39, 0.29) is 23.9 Å². The van der Waals surface area contributed by atoms with Crippen LogP contribution in [0.15, 0.2) is 12.3 Å². The minimum absolute atomic E-state index is 0.0553. The molecule has 3 heterocycles. The molecule has 1 aliphatic rings. The Hall–Kier alpha value is -3.46. The Kier molecular flexibility index (Phi) is 6.78. The molecule has 2 amide bonds. The molecule has 12 heteroatoms. The van der Waals surface area contributed by atoms with Crippen molar-refractivity contribution in [3.63, 3.8) is 0 Å². The number of amides is 2. The lowest BCUT2D eigenvalue weighted by molar-refractivity contribution is 0.0539. The van der Waals surface area contributed by atoms with Crippen molar-refractivity contribution in [2.45, 2.75) is 52.2 Å². The second kappa shape index (κ2) is 9.35. The number of carbonyl (C=O) groups is 2. The third kappa shape index (κ3) is 5.61. The number of carboxylic acid groups (broad SMARTS) is 1. The number of aromatic nitrogens is 3. The van der Waals surface area contributed by atoms with Crippen LogP contribution in [0, 0.1) is 18.3 Å². The predicted octanol–water partition coefficient (Wildman–Crippen LogP) is 3.74. The van der Waals surface area contributed by atoms with Gasteiger partial charge in [-0.2, -0.15) is 9.64 Å². The molecule has 1 aliphatic heterocycles. The van der Waals surface area contributed by atoms with Crippen molar-refractivity contribution < 1.29 is 19.4 Å². The molecule has 1 atom stereocenters. The Morgan fingerprint density at radius 3 is 2.78 bits per heavy atom. The summed E-state index contributed by atoms with van der Waals surface area (Å²) in [6, 6.07) is 3.30. The van der Waals surface area contributed by atoms with Gasteiger partial charge in [0.15, 0.2) is 17.3 Å². The van der Waals surface area contributed by atoms with E-state index in [2.05, 4.69) is 19.7 Å². The molecular weight excluding hydrogens is 434 g/mol. The highest BCUT2D eigenvalue weighted by Gasteiger charge is 2.35. The molecule has 3 rings (SSSR count). The van der Waals surface area contributed by atoms with Crippen LogP contribution in [0.1, 0.15) is 45.0 Å². The third-order valence-corrected chi connectivity index (χ3v) is 5.40. The maximum absolute atomic E-state index is 13.1. The summed E-state index contributed by atoms with van der Waals surface area (Å²) in [5.74, 6) is 0.340. The molecule has 0 saturated carbocycles. The molecule has 1 saturated heterocycles. The van der Waals surface area contributed by atoms with Gasteiger partial charge in [-0.3, -0.25) is 4.90 Å². The first-order chi connectivity index (χ1) is 15.1. The van der Waals surface area contributed by atoms with Crippen LogP contribution in [0.4, 0.5) is 26.2 Å². The summed E-state index contributed by atoms with van der Waals surface area (Å²) in [4.78, 5) is 35.9. The molecule has 32 heavy (non-hydrogen) atoms. The fourth-order valence-corrected chi connectivity index (χ4v) is 3.94. The lowest BCUT2D eigenvalue weighted by Gasteiger charge is -2.38. The van der Waals surface area contributed by atoms with E-state index in [0.717, 1.165) is 5.69 Å². The molecule has 0 unspecified atom stereocenters. The number of nitriles is 1. The van der Waals surface area contributed by atoms with Crippen LogP contribution in [0.3, 0.4) is 0 Å². The Morgan fingerprint density at radius 1 is 1.44 bits per heavy atom. The smallest absolute Gasteiger partial charge is 0.416 e. The fraction of sp³-hybridized carbons (Fsp3) is 0.500. The van der Waals surface area contributed by atoms with Crippen LogP contribution in [0.2, 0.25) is 0 Å². The number of hydrogen-bond donors (Lipinski definition) is 2. The Bertz CT molecular complexity index is 1040. The lowest BCUT2D eigenvalue weighted by atomic mass is 10.0. The van der Waals surface area contributed by atoms with Crippen molar-refractivity contribution in [3.05, 3.63) is 23.7 Å². The minimum Gasteiger partial charge on any atom is -0.465 e. The first kappa shape index (κ1) is 23.2. The van der Waals surface area contributed by atoms with E-state index in [9.17, 15) is 20.0 Å². The Morgan fingerprint density at radius 2 is 2.19 bits per heavy atom. The Balaban J connectivity index is 1.99. The summed E-state index contributed by atoms with van der Waals surface area (Å²) in [6.07, 6.45) is 0.777. The summed E-state index contributed by atoms with van der Waals surface area (Å²) in [7, 11) is 0. The number of ether oxygens (including phenoxy) is 1. The molecule has 0 radical (unpaired) electrons. The molecule has 2 N–H and O–H groups in total. The van der Waals surface area contributed by atoms with Gasteiger partial charge in [0.2, 0.25) is 0 Å². The zero-order chi connectivity index (χ0) is 23.5. The molecule has 0 aliphatic carbocycles. The third-order valence-electron chi connectivity index (χ3n) is 4.60. The number of hydrogen-bond acceptors (Lipinski definition) is 9. The molecule has 0 aromatic carbocycles. The van der Waals surface area contributed by atoms with Gasteiger partial charge in [0, 0.05) is 13.1 Å². The van der Waals surface area contributed by atoms with E-state index in [1.54, 1.807) is 26.8 Å². The molecule has 170 valence electrons. The van der Waals surface area contributed by atoms with Crippen molar-refractivity contribution in [1.29, 1.82) is 5.26 Å². The highest BCUT2D eigenvalue weighted by Crippen LogP contribution is 2.28. The number of nitrogens with one attached hydrogen (secondary N) is 1. The van der Waals surface area contributed by atoms with Gasteiger partial charge < -0.3 is 20.1 Å². The van der Waals surface area contributed by atoms with Crippen LogP contribution in [-0.2, 0) is 4.74 Å².